The Hall–Kier alpha value is -3.61. The van der Waals surface area contributed by atoms with Crippen LogP contribution in [0.2, 0.25) is 0 Å². The zero-order valence-electron chi connectivity index (χ0n) is 17.6. The lowest BCUT2D eigenvalue weighted by Crippen LogP contribution is -2.10. The van der Waals surface area contributed by atoms with Crippen LogP contribution < -0.4 is 14.8 Å². The number of aromatic nitrogens is 3. The zero-order valence-corrected chi connectivity index (χ0v) is 17.6. The quantitative estimate of drug-likeness (QED) is 0.570. The van der Waals surface area contributed by atoms with Crippen molar-refractivity contribution >= 4 is 17.9 Å². The predicted octanol–water partition coefficient (Wildman–Crippen LogP) is 4.08. The molecule has 0 radical (unpaired) electrons. The first kappa shape index (κ1) is 21.1. The van der Waals surface area contributed by atoms with Gasteiger partial charge < -0.3 is 9.47 Å². The van der Waals surface area contributed by atoms with E-state index in [1.54, 1.807) is 24.2 Å². The van der Waals surface area contributed by atoms with Gasteiger partial charge in [-0.2, -0.15) is 0 Å². The summed E-state index contributed by atoms with van der Waals surface area (Å²) < 4.78 is 12.8. The van der Waals surface area contributed by atoms with Crippen LogP contribution in [0.1, 0.15) is 30.5 Å². The maximum atomic E-state index is 12.2. The lowest BCUT2D eigenvalue weighted by atomic mass is 10.1. The number of nitrogens with zero attached hydrogens (tertiary/aromatic N) is 3. The Bertz CT molecular complexity index is 1040. The molecule has 3 aromatic rings. The number of benzene rings is 2. The van der Waals surface area contributed by atoms with Gasteiger partial charge in [0, 0.05) is 6.08 Å². The molecule has 156 valence electrons. The number of carbonyl (C=O) groups excluding carboxylic acids is 1. The van der Waals surface area contributed by atoms with E-state index in [1.807, 2.05) is 50.2 Å². The van der Waals surface area contributed by atoms with Gasteiger partial charge in [0.15, 0.2) is 11.5 Å². The molecular weight excluding hydrogens is 380 g/mol. The number of anilines is 1. The van der Waals surface area contributed by atoms with E-state index >= 15 is 0 Å². The average Bonchev–Trinajstić information content (AvgIpc) is 3.15. The Balaban J connectivity index is 1.61. The zero-order chi connectivity index (χ0) is 21.5. The SMILES string of the molecule is COc1cc(C=CC(=O)Nc2ncn(Cc3ccccc3C)n2)ccc1OC(C)C. The van der Waals surface area contributed by atoms with Gasteiger partial charge >= 0.3 is 0 Å². The second-order valence-electron chi connectivity index (χ2n) is 7.09. The van der Waals surface area contributed by atoms with Crippen molar-refractivity contribution in [3.05, 3.63) is 71.6 Å². The summed E-state index contributed by atoms with van der Waals surface area (Å²) in [6.07, 6.45) is 4.77. The van der Waals surface area contributed by atoms with Crippen LogP contribution in [0.25, 0.3) is 6.08 Å². The third-order valence-corrected chi connectivity index (χ3v) is 4.34. The second-order valence-corrected chi connectivity index (χ2v) is 7.09. The summed E-state index contributed by atoms with van der Waals surface area (Å²) in [5.74, 6) is 1.22. The highest BCUT2D eigenvalue weighted by Gasteiger charge is 2.08. The second kappa shape index (κ2) is 9.73. The normalized spacial score (nSPS) is 11.1. The number of nitrogens with one attached hydrogen (secondary N) is 1. The highest BCUT2D eigenvalue weighted by Crippen LogP contribution is 2.29. The molecule has 3 rings (SSSR count). The molecule has 0 unspecified atom stereocenters. The molecule has 1 N–H and O–H groups in total. The molecule has 1 heterocycles. The van der Waals surface area contributed by atoms with Crippen molar-refractivity contribution in [2.75, 3.05) is 12.4 Å². The smallest absolute Gasteiger partial charge is 0.250 e. The van der Waals surface area contributed by atoms with Crippen LogP contribution in [0.4, 0.5) is 5.95 Å². The molecule has 1 amide bonds. The Kier molecular flexibility index (Phi) is 6.85. The van der Waals surface area contributed by atoms with Crippen molar-refractivity contribution in [2.45, 2.75) is 33.4 Å². The van der Waals surface area contributed by atoms with E-state index in [-0.39, 0.29) is 18.0 Å². The van der Waals surface area contributed by atoms with Crippen LogP contribution >= 0.6 is 0 Å². The molecule has 2 aromatic carbocycles. The maximum Gasteiger partial charge on any atom is 0.250 e. The Morgan fingerprint density at radius 3 is 2.73 bits per heavy atom. The minimum Gasteiger partial charge on any atom is -0.493 e. The van der Waals surface area contributed by atoms with E-state index in [4.69, 9.17) is 9.47 Å². The maximum absolute atomic E-state index is 12.2. The molecule has 1 aromatic heterocycles. The van der Waals surface area contributed by atoms with Gasteiger partial charge in [0.1, 0.15) is 6.33 Å². The molecule has 7 heteroatoms. The van der Waals surface area contributed by atoms with Crippen molar-refractivity contribution in [1.29, 1.82) is 0 Å². The number of ether oxygens (including phenoxy) is 2. The highest BCUT2D eigenvalue weighted by atomic mass is 16.5. The summed E-state index contributed by atoms with van der Waals surface area (Å²) in [7, 11) is 1.58. The van der Waals surface area contributed by atoms with E-state index in [2.05, 4.69) is 28.4 Å². The van der Waals surface area contributed by atoms with Gasteiger partial charge in [0.05, 0.1) is 19.8 Å². The first-order chi connectivity index (χ1) is 14.4. The van der Waals surface area contributed by atoms with Gasteiger partial charge in [-0.25, -0.2) is 9.67 Å². The van der Waals surface area contributed by atoms with Crippen LogP contribution in [-0.2, 0) is 11.3 Å². The van der Waals surface area contributed by atoms with E-state index in [9.17, 15) is 4.79 Å². The minimum atomic E-state index is -0.315. The standard InChI is InChI=1S/C23H26N4O3/c1-16(2)30-20-11-9-18(13-21(20)29-4)10-12-22(28)25-23-24-15-27(26-23)14-19-8-6-5-7-17(19)3/h5-13,15-16H,14H2,1-4H3,(H,25,26,28). The van der Waals surface area contributed by atoms with Gasteiger partial charge in [-0.3, -0.25) is 10.1 Å². The minimum absolute atomic E-state index is 0.0455. The number of aryl methyl sites for hydroxylation is 1. The van der Waals surface area contributed by atoms with Crippen LogP contribution in [-0.4, -0.2) is 33.9 Å². The topological polar surface area (TPSA) is 78.3 Å². The predicted molar refractivity (Wildman–Crippen MR) is 117 cm³/mol. The fourth-order valence-corrected chi connectivity index (χ4v) is 2.85. The van der Waals surface area contributed by atoms with Gasteiger partial charge in [0.25, 0.3) is 5.91 Å². The van der Waals surface area contributed by atoms with Crippen LogP contribution in [0, 0.1) is 6.92 Å². The first-order valence-corrected chi connectivity index (χ1v) is 9.72. The number of methoxy groups -OCH3 is 1. The van der Waals surface area contributed by atoms with Crippen molar-refractivity contribution in [1.82, 2.24) is 14.8 Å². The van der Waals surface area contributed by atoms with Crippen molar-refractivity contribution in [2.24, 2.45) is 0 Å². The van der Waals surface area contributed by atoms with E-state index < -0.39 is 0 Å². The van der Waals surface area contributed by atoms with Crippen LogP contribution in [0.3, 0.4) is 0 Å². The first-order valence-electron chi connectivity index (χ1n) is 9.72. The Morgan fingerprint density at radius 1 is 1.20 bits per heavy atom. The summed E-state index contributed by atoms with van der Waals surface area (Å²) >= 11 is 0. The third kappa shape index (κ3) is 5.70. The summed E-state index contributed by atoms with van der Waals surface area (Å²) in [6, 6.07) is 13.6. The van der Waals surface area contributed by atoms with Gasteiger partial charge in [-0.05, 0) is 55.7 Å². The summed E-state index contributed by atoms with van der Waals surface area (Å²) in [4.78, 5) is 16.4. The van der Waals surface area contributed by atoms with Gasteiger partial charge in [-0.1, -0.05) is 30.3 Å². The number of rotatable bonds is 8. The molecule has 0 saturated heterocycles. The Labute approximate surface area is 176 Å². The number of amides is 1. The van der Waals surface area contributed by atoms with Crippen molar-refractivity contribution in [3.63, 3.8) is 0 Å². The number of carbonyl (C=O) groups is 1. The molecule has 0 saturated carbocycles. The Morgan fingerprint density at radius 2 is 2.00 bits per heavy atom. The van der Waals surface area contributed by atoms with Gasteiger partial charge in [-0.15, -0.1) is 5.10 Å². The number of hydrogen-bond donors (Lipinski definition) is 1. The molecule has 0 fully saturated rings. The van der Waals surface area contributed by atoms with Crippen molar-refractivity contribution in [3.8, 4) is 11.5 Å². The molecule has 0 aliphatic heterocycles. The van der Waals surface area contributed by atoms with Crippen LogP contribution in [0.15, 0.2) is 54.9 Å². The third-order valence-electron chi connectivity index (χ3n) is 4.34. The summed E-state index contributed by atoms with van der Waals surface area (Å²) in [5, 5.41) is 6.99. The summed E-state index contributed by atoms with van der Waals surface area (Å²) in [6.45, 7) is 6.55. The van der Waals surface area contributed by atoms with E-state index in [1.165, 1.54) is 11.6 Å². The van der Waals surface area contributed by atoms with Gasteiger partial charge in [0.2, 0.25) is 5.95 Å². The molecular formula is C23H26N4O3. The molecule has 0 bridgehead atoms. The molecule has 0 aliphatic rings. The molecule has 30 heavy (non-hydrogen) atoms. The lowest BCUT2D eigenvalue weighted by molar-refractivity contribution is -0.111. The average molecular weight is 406 g/mol. The largest absolute Gasteiger partial charge is 0.493 e. The van der Waals surface area contributed by atoms with Crippen LogP contribution in [0.5, 0.6) is 11.5 Å². The fraction of sp³-hybridized carbons (Fsp3) is 0.261. The monoisotopic (exact) mass is 406 g/mol. The number of hydrogen-bond acceptors (Lipinski definition) is 5. The molecule has 0 aliphatic carbocycles. The molecule has 0 atom stereocenters. The van der Waals surface area contributed by atoms with E-state index in [0.29, 0.717) is 18.0 Å². The van der Waals surface area contributed by atoms with Crippen molar-refractivity contribution < 1.29 is 14.3 Å². The summed E-state index contributed by atoms with van der Waals surface area (Å²) in [5.41, 5.74) is 3.15. The fourth-order valence-electron chi connectivity index (χ4n) is 2.85. The lowest BCUT2D eigenvalue weighted by Gasteiger charge is -2.13. The molecule has 7 nitrogen and oxygen atoms in total. The highest BCUT2D eigenvalue weighted by molar-refractivity contribution is 6.00. The van der Waals surface area contributed by atoms with E-state index in [0.717, 1.165) is 11.1 Å². The molecule has 0 spiro atoms.